The fourth-order valence-electron chi connectivity index (χ4n) is 4.36. The zero-order valence-corrected chi connectivity index (χ0v) is 19.6. The third-order valence-electron chi connectivity index (χ3n) is 6.14. The van der Waals surface area contributed by atoms with Crippen LogP contribution in [0.1, 0.15) is 30.0 Å². The molecule has 3 aromatic rings. The predicted octanol–water partition coefficient (Wildman–Crippen LogP) is 6.56. The van der Waals surface area contributed by atoms with E-state index in [1.165, 1.54) is 32.4 Å². The van der Waals surface area contributed by atoms with Gasteiger partial charge in [-0.3, -0.25) is 5.73 Å². The Morgan fingerprint density at radius 1 is 0.972 bits per heavy atom. The lowest BCUT2D eigenvalue weighted by molar-refractivity contribution is -0.137. The lowest BCUT2D eigenvalue weighted by atomic mass is 9.96. The van der Waals surface area contributed by atoms with Crippen LogP contribution in [0.4, 0.5) is 27.6 Å². The Hall–Kier alpha value is -3.72. The molecule has 1 aliphatic heterocycles. The van der Waals surface area contributed by atoms with Crippen LogP contribution in [-0.2, 0) is 12.6 Å². The van der Waals surface area contributed by atoms with Gasteiger partial charge in [-0.25, -0.2) is 13.8 Å². The van der Waals surface area contributed by atoms with Gasteiger partial charge in [0.05, 0.1) is 18.4 Å². The molecule has 188 valence electrons. The molecule has 0 aliphatic carbocycles. The Morgan fingerprint density at radius 2 is 1.67 bits per heavy atom. The third kappa shape index (κ3) is 4.70. The second-order valence-electron chi connectivity index (χ2n) is 8.41. The monoisotopic (exact) mass is 501 g/mol. The van der Waals surface area contributed by atoms with Crippen LogP contribution in [0.25, 0.3) is 5.57 Å². The normalized spacial score (nSPS) is 18.1. The SMILES string of the molecule is COc1cccc(C2=C(C)N(c3c(F)cccc3C(F)(F)F)C(N)(CCc3ccccc3)N=C2)c1F. The quantitative estimate of drug-likeness (QED) is 0.389. The van der Waals surface area contributed by atoms with E-state index in [0.29, 0.717) is 6.42 Å². The van der Waals surface area contributed by atoms with Crippen molar-refractivity contribution in [3.8, 4) is 5.75 Å². The van der Waals surface area contributed by atoms with Gasteiger partial charge in [-0.1, -0.05) is 48.5 Å². The van der Waals surface area contributed by atoms with Crippen molar-refractivity contribution >= 4 is 17.5 Å². The number of methoxy groups -OCH3 is 1. The van der Waals surface area contributed by atoms with E-state index < -0.39 is 34.8 Å². The standard InChI is InChI=1S/C27H24F5N3O/c1-17-20(19-10-6-13-23(36-2)24(19)29)16-34-26(33,15-14-18-8-4-3-5-9-18)35(17)25-21(27(30,31)32)11-7-12-22(25)28/h3-13,16H,14-15,33H2,1-2H3. The highest BCUT2D eigenvalue weighted by Gasteiger charge is 2.44. The smallest absolute Gasteiger partial charge is 0.418 e. The molecule has 1 unspecified atom stereocenters. The van der Waals surface area contributed by atoms with Gasteiger partial charge in [0.1, 0.15) is 5.82 Å². The van der Waals surface area contributed by atoms with Crippen molar-refractivity contribution in [3.05, 3.63) is 101 Å². The number of rotatable bonds is 6. The fraction of sp³-hybridized carbons (Fsp3) is 0.222. The summed E-state index contributed by atoms with van der Waals surface area (Å²) >= 11 is 0. The largest absolute Gasteiger partial charge is 0.494 e. The first-order valence-corrected chi connectivity index (χ1v) is 11.1. The minimum Gasteiger partial charge on any atom is -0.494 e. The topological polar surface area (TPSA) is 50.9 Å². The van der Waals surface area contributed by atoms with E-state index in [1.807, 2.05) is 30.3 Å². The minimum absolute atomic E-state index is 0.0376. The second-order valence-corrected chi connectivity index (χ2v) is 8.41. The van der Waals surface area contributed by atoms with Crippen molar-refractivity contribution in [2.75, 3.05) is 12.0 Å². The van der Waals surface area contributed by atoms with E-state index in [0.717, 1.165) is 28.7 Å². The van der Waals surface area contributed by atoms with Gasteiger partial charge >= 0.3 is 6.18 Å². The summed E-state index contributed by atoms with van der Waals surface area (Å²) in [6.07, 6.45) is -3.13. The number of para-hydroxylation sites is 1. The first-order chi connectivity index (χ1) is 17.1. The summed E-state index contributed by atoms with van der Waals surface area (Å²) < 4.78 is 77.5. The maximum Gasteiger partial charge on any atom is 0.418 e. The molecule has 0 spiro atoms. The van der Waals surface area contributed by atoms with E-state index in [9.17, 15) is 13.2 Å². The van der Waals surface area contributed by atoms with Gasteiger partial charge in [0.15, 0.2) is 17.4 Å². The van der Waals surface area contributed by atoms with Crippen LogP contribution < -0.4 is 15.4 Å². The van der Waals surface area contributed by atoms with E-state index >= 15 is 8.78 Å². The van der Waals surface area contributed by atoms with Crippen molar-refractivity contribution in [2.24, 2.45) is 10.7 Å². The molecule has 0 fully saturated rings. The van der Waals surface area contributed by atoms with E-state index in [4.69, 9.17) is 10.5 Å². The molecule has 1 atom stereocenters. The highest BCUT2D eigenvalue weighted by molar-refractivity contribution is 6.13. The van der Waals surface area contributed by atoms with Crippen LogP contribution >= 0.6 is 0 Å². The number of anilines is 1. The van der Waals surface area contributed by atoms with Crippen molar-refractivity contribution < 1.29 is 26.7 Å². The average molecular weight is 501 g/mol. The average Bonchev–Trinajstić information content (AvgIpc) is 2.84. The molecule has 0 radical (unpaired) electrons. The maximum atomic E-state index is 15.2. The summed E-state index contributed by atoms with van der Waals surface area (Å²) in [5.74, 6) is -3.68. The number of aryl methyl sites for hydroxylation is 1. The number of nitrogens with two attached hydrogens (primary N) is 1. The molecule has 4 rings (SSSR count). The number of benzene rings is 3. The summed E-state index contributed by atoms with van der Waals surface area (Å²) in [4.78, 5) is 5.41. The van der Waals surface area contributed by atoms with E-state index in [1.54, 1.807) is 6.07 Å². The summed E-state index contributed by atoms with van der Waals surface area (Å²) in [6.45, 7) is 1.47. The number of halogens is 5. The van der Waals surface area contributed by atoms with Gasteiger partial charge in [0.2, 0.25) is 0 Å². The first kappa shape index (κ1) is 25.4. The van der Waals surface area contributed by atoms with Gasteiger partial charge in [0.25, 0.3) is 0 Å². The Bertz CT molecular complexity index is 1320. The maximum absolute atomic E-state index is 15.2. The lowest BCUT2D eigenvalue weighted by Crippen LogP contribution is -2.57. The summed E-state index contributed by atoms with van der Waals surface area (Å²) in [5.41, 5.74) is 5.84. The van der Waals surface area contributed by atoms with Gasteiger partial charge in [-0.2, -0.15) is 13.2 Å². The number of aliphatic imine (C=N–C) groups is 1. The van der Waals surface area contributed by atoms with Gasteiger partial charge in [-0.15, -0.1) is 0 Å². The Morgan fingerprint density at radius 3 is 2.33 bits per heavy atom. The second kappa shape index (κ2) is 9.73. The molecule has 0 saturated heterocycles. The van der Waals surface area contributed by atoms with Gasteiger partial charge in [0, 0.05) is 29.5 Å². The Balaban J connectivity index is 1.92. The zero-order valence-electron chi connectivity index (χ0n) is 19.6. The number of allylic oxidation sites excluding steroid dienone is 2. The molecule has 36 heavy (non-hydrogen) atoms. The van der Waals surface area contributed by atoms with Crippen LogP contribution in [0.5, 0.6) is 5.75 Å². The van der Waals surface area contributed by atoms with E-state index in [-0.39, 0.29) is 29.0 Å². The van der Waals surface area contributed by atoms with Gasteiger partial charge in [-0.05, 0) is 37.1 Å². The molecular weight excluding hydrogens is 477 g/mol. The molecule has 1 aliphatic rings. The third-order valence-corrected chi connectivity index (χ3v) is 6.14. The van der Waals surface area contributed by atoms with Crippen LogP contribution in [0.15, 0.2) is 77.4 Å². The molecule has 2 N–H and O–H groups in total. The highest BCUT2D eigenvalue weighted by Crippen LogP contribution is 2.45. The summed E-state index contributed by atoms with van der Waals surface area (Å²) in [6, 6.07) is 16.3. The van der Waals surface area contributed by atoms with Crippen molar-refractivity contribution in [2.45, 2.75) is 31.7 Å². The predicted molar refractivity (Wildman–Crippen MR) is 130 cm³/mol. The van der Waals surface area contributed by atoms with Crippen LogP contribution in [-0.4, -0.2) is 19.1 Å². The molecule has 1 heterocycles. The molecule has 9 heteroatoms. The number of ether oxygens (including phenoxy) is 1. The van der Waals surface area contributed by atoms with E-state index in [2.05, 4.69) is 4.99 Å². The molecule has 0 bridgehead atoms. The molecule has 0 saturated carbocycles. The number of hydrogen-bond donors (Lipinski definition) is 1. The number of nitrogens with zero attached hydrogens (tertiary/aromatic N) is 2. The molecule has 0 aromatic heterocycles. The molecule has 3 aromatic carbocycles. The Kier molecular flexibility index (Phi) is 6.86. The van der Waals surface area contributed by atoms with Crippen LogP contribution in [0.3, 0.4) is 0 Å². The fourth-order valence-corrected chi connectivity index (χ4v) is 4.36. The zero-order chi connectivity index (χ0) is 26.1. The number of hydrogen-bond acceptors (Lipinski definition) is 4. The molecule has 4 nitrogen and oxygen atoms in total. The summed E-state index contributed by atoms with van der Waals surface area (Å²) in [7, 11) is 1.30. The minimum atomic E-state index is -4.87. The van der Waals surface area contributed by atoms with Crippen LogP contribution in [0.2, 0.25) is 0 Å². The van der Waals surface area contributed by atoms with Crippen molar-refractivity contribution in [1.82, 2.24) is 0 Å². The highest BCUT2D eigenvalue weighted by atomic mass is 19.4. The lowest BCUT2D eigenvalue weighted by Gasteiger charge is -2.44. The van der Waals surface area contributed by atoms with Crippen molar-refractivity contribution in [3.63, 3.8) is 0 Å². The van der Waals surface area contributed by atoms with Crippen LogP contribution in [0, 0.1) is 11.6 Å². The molecular formula is C27H24F5N3O. The van der Waals surface area contributed by atoms with Gasteiger partial charge < -0.3 is 9.64 Å². The molecule has 0 amide bonds. The van der Waals surface area contributed by atoms with Crippen molar-refractivity contribution in [1.29, 1.82) is 0 Å². The Labute approximate surface area is 205 Å². The summed E-state index contributed by atoms with van der Waals surface area (Å²) in [5, 5.41) is 0. The number of alkyl halides is 3. The first-order valence-electron chi connectivity index (χ1n) is 11.1.